The van der Waals surface area contributed by atoms with Crippen LogP contribution in [0.2, 0.25) is 0 Å². The summed E-state index contributed by atoms with van der Waals surface area (Å²) in [6.45, 7) is 4.08. The highest BCUT2D eigenvalue weighted by molar-refractivity contribution is 6.02. The van der Waals surface area contributed by atoms with Crippen LogP contribution in [0, 0.1) is 5.92 Å². The van der Waals surface area contributed by atoms with E-state index in [9.17, 15) is 27.9 Å². The second kappa shape index (κ2) is 8.13. The Kier molecular flexibility index (Phi) is 5.59. The molecule has 0 radical (unpaired) electrons. The van der Waals surface area contributed by atoms with E-state index in [1.54, 1.807) is 18.7 Å². The topological polar surface area (TPSA) is 90.7 Å². The van der Waals surface area contributed by atoms with Crippen LogP contribution in [0.1, 0.15) is 36.1 Å². The first-order valence-corrected chi connectivity index (χ1v) is 10.5. The van der Waals surface area contributed by atoms with E-state index in [-0.39, 0.29) is 12.6 Å². The van der Waals surface area contributed by atoms with Crippen molar-refractivity contribution in [3.05, 3.63) is 47.7 Å². The van der Waals surface area contributed by atoms with Gasteiger partial charge >= 0.3 is 18.2 Å². The number of fused-ring (bicyclic) bond motifs is 1. The fourth-order valence-electron chi connectivity index (χ4n) is 4.42. The molecule has 2 N–H and O–H groups in total. The first kappa shape index (κ1) is 22.7. The Morgan fingerprint density at radius 2 is 1.91 bits per heavy atom. The molecule has 1 aliphatic carbocycles. The van der Waals surface area contributed by atoms with Gasteiger partial charge in [-0.2, -0.15) is 18.2 Å². The van der Waals surface area contributed by atoms with Crippen molar-refractivity contribution in [3.63, 3.8) is 0 Å². The molecule has 2 atom stereocenters. The van der Waals surface area contributed by atoms with E-state index in [2.05, 4.69) is 16.9 Å². The zero-order valence-electron chi connectivity index (χ0n) is 18.2. The molecule has 2 aromatic rings. The molecule has 1 fully saturated rings. The number of carboxylic acids is 1. The molecule has 0 saturated heterocycles. The van der Waals surface area contributed by atoms with Crippen LogP contribution in [0.15, 0.2) is 30.8 Å². The predicted octanol–water partition coefficient (Wildman–Crippen LogP) is 4.15. The molecule has 0 spiro atoms. The summed E-state index contributed by atoms with van der Waals surface area (Å²) in [4.78, 5) is 31.8. The Morgan fingerprint density at radius 1 is 1.24 bits per heavy atom. The Hall–Kier alpha value is -3.50. The highest BCUT2D eigenvalue weighted by atomic mass is 19.4. The SMILES string of the molecule is C=C1c2c(nc(NC3CCC[C@@H]3C(=O)O)n2C)N(C)C(=O)N1Cc1ccc(C(F)(F)F)cc1. The lowest BCUT2D eigenvalue weighted by molar-refractivity contribution is -0.141. The lowest BCUT2D eigenvalue weighted by atomic mass is 10.0. The number of amides is 2. The molecular weight excluding hydrogens is 439 g/mol. The van der Waals surface area contributed by atoms with E-state index in [0.717, 1.165) is 18.6 Å². The van der Waals surface area contributed by atoms with Gasteiger partial charge in [0.05, 0.1) is 23.7 Å². The largest absolute Gasteiger partial charge is 0.481 e. The van der Waals surface area contributed by atoms with Crippen molar-refractivity contribution in [2.45, 2.75) is 38.0 Å². The third-order valence-electron chi connectivity index (χ3n) is 6.28. The van der Waals surface area contributed by atoms with Gasteiger partial charge in [-0.25, -0.2) is 4.79 Å². The molecule has 2 amide bonds. The number of imidazole rings is 1. The van der Waals surface area contributed by atoms with Gasteiger partial charge in [-0.3, -0.25) is 14.6 Å². The molecule has 8 nitrogen and oxygen atoms in total. The summed E-state index contributed by atoms with van der Waals surface area (Å²) in [6.07, 6.45) is -2.35. The Morgan fingerprint density at radius 3 is 2.52 bits per heavy atom. The predicted molar refractivity (Wildman–Crippen MR) is 115 cm³/mol. The number of nitrogens with one attached hydrogen (secondary N) is 1. The van der Waals surface area contributed by atoms with Crippen molar-refractivity contribution >= 4 is 29.5 Å². The molecule has 1 aromatic carbocycles. The van der Waals surface area contributed by atoms with Gasteiger partial charge in [0.1, 0.15) is 5.69 Å². The van der Waals surface area contributed by atoms with Gasteiger partial charge in [0.15, 0.2) is 5.82 Å². The van der Waals surface area contributed by atoms with E-state index in [4.69, 9.17) is 0 Å². The zero-order chi connectivity index (χ0) is 24.1. The monoisotopic (exact) mass is 463 g/mol. The molecule has 1 unspecified atom stereocenters. The number of halogens is 3. The van der Waals surface area contributed by atoms with Gasteiger partial charge < -0.3 is 15.0 Å². The van der Waals surface area contributed by atoms with Crippen LogP contribution >= 0.6 is 0 Å². The molecular formula is C22H24F3N5O3. The van der Waals surface area contributed by atoms with Gasteiger partial charge in [-0.05, 0) is 30.5 Å². The van der Waals surface area contributed by atoms with E-state index in [0.29, 0.717) is 41.6 Å². The van der Waals surface area contributed by atoms with E-state index >= 15 is 0 Å². The van der Waals surface area contributed by atoms with Crippen LogP contribution in [-0.4, -0.2) is 44.6 Å². The molecule has 11 heteroatoms. The maximum atomic E-state index is 13.0. The highest BCUT2D eigenvalue weighted by Gasteiger charge is 2.38. The lowest BCUT2D eigenvalue weighted by Crippen LogP contribution is -2.44. The number of rotatable bonds is 5. The van der Waals surface area contributed by atoms with Crippen molar-refractivity contribution < 1.29 is 27.9 Å². The average molecular weight is 463 g/mol. The van der Waals surface area contributed by atoms with Gasteiger partial charge in [-0.15, -0.1) is 0 Å². The fraction of sp³-hybridized carbons (Fsp3) is 0.409. The first-order chi connectivity index (χ1) is 15.5. The van der Waals surface area contributed by atoms with Gasteiger partial charge in [0.25, 0.3) is 0 Å². The van der Waals surface area contributed by atoms with E-state index < -0.39 is 29.7 Å². The summed E-state index contributed by atoms with van der Waals surface area (Å²) < 4.78 is 40.3. The smallest absolute Gasteiger partial charge is 0.416 e. The molecule has 1 aliphatic heterocycles. The lowest BCUT2D eigenvalue weighted by Gasteiger charge is -2.34. The molecule has 33 heavy (non-hydrogen) atoms. The number of anilines is 2. The number of hydrogen-bond acceptors (Lipinski definition) is 4. The normalized spacial score (nSPS) is 20.9. The van der Waals surface area contributed by atoms with Crippen molar-refractivity contribution in [3.8, 4) is 0 Å². The van der Waals surface area contributed by atoms with E-state index in [1.165, 1.54) is 21.9 Å². The average Bonchev–Trinajstić information content (AvgIpc) is 3.34. The molecule has 2 aliphatic rings. The van der Waals surface area contributed by atoms with Crippen LogP contribution in [0.3, 0.4) is 0 Å². The number of carboxylic acid groups (broad SMARTS) is 1. The zero-order valence-corrected chi connectivity index (χ0v) is 18.2. The number of benzene rings is 1. The number of carbonyl (C=O) groups excluding carboxylic acids is 1. The van der Waals surface area contributed by atoms with Crippen LogP contribution in [-0.2, 0) is 24.6 Å². The van der Waals surface area contributed by atoms with Crippen LogP contribution in [0.4, 0.5) is 29.7 Å². The fourth-order valence-corrected chi connectivity index (χ4v) is 4.42. The van der Waals surface area contributed by atoms with Crippen molar-refractivity contribution in [1.29, 1.82) is 0 Å². The maximum Gasteiger partial charge on any atom is 0.416 e. The standard InChI is InChI=1S/C22H24F3N5O3/c1-12-17-18(27-20(28(17)2)26-16-6-4-5-15(16)19(31)32)29(3)21(33)30(12)11-13-7-9-14(10-8-13)22(23,24)25/h7-10,15-16H,1,4-6,11H2,2-3H3,(H,26,27)(H,31,32)/t15-,16?/m0/s1. The quantitative estimate of drug-likeness (QED) is 0.696. The summed E-state index contributed by atoms with van der Waals surface area (Å²) in [5.74, 6) is -0.570. The maximum absolute atomic E-state index is 13.0. The second-order valence-electron chi connectivity index (χ2n) is 8.36. The van der Waals surface area contributed by atoms with Crippen LogP contribution in [0.25, 0.3) is 5.70 Å². The minimum Gasteiger partial charge on any atom is -0.481 e. The number of nitrogens with zero attached hydrogens (tertiary/aromatic N) is 4. The molecule has 176 valence electrons. The third-order valence-corrected chi connectivity index (χ3v) is 6.28. The van der Waals surface area contributed by atoms with Crippen molar-refractivity contribution in [1.82, 2.24) is 14.5 Å². The minimum absolute atomic E-state index is 0.0389. The van der Waals surface area contributed by atoms with E-state index in [1.807, 2.05) is 0 Å². The molecule has 1 aromatic heterocycles. The summed E-state index contributed by atoms with van der Waals surface area (Å²) in [5, 5.41) is 12.7. The molecule has 4 rings (SSSR count). The Bertz CT molecular complexity index is 1110. The summed E-state index contributed by atoms with van der Waals surface area (Å²) in [5.41, 5.74) is 0.683. The van der Waals surface area contributed by atoms with Crippen LogP contribution in [0.5, 0.6) is 0 Å². The third kappa shape index (κ3) is 4.03. The highest BCUT2D eigenvalue weighted by Crippen LogP contribution is 2.38. The van der Waals surface area contributed by atoms with Crippen molar-refractivity contribution in [2.75, 3.05) is 17.3 Å². The number of urea groups is 1. The number of aromatic nitrogens is 2. The summed E-state index contributed by atoms with van der Waals surface area (Å²) in [7, 11) is 3.30. The molecule has 0 bridgehead atoms. The Balaban J connectivity index is 1.59. The Labute approximate surface area is 188 Å². The van der Waals surface area contributed by atoms with Gasteiger partial charge in [0, 0.05) is 20.1 Å². The van der Waals surface area contributed by atoms with Crippen molar-refractivity contribution in [2.24, 2.45) is 13.0 Å². The molecule has 1 saturated carbocycles. The number of aliphatic carboxylic acids is 1. The number of hydrogen-bond donors (Lipinski definition) is 2. The van der Waals surface area contributed by atoms with Gasteiger partial charge in [-0.1, -0.05) is 25.1 Å². The molecule has 2 heterocycles. The second-order valence-corrected chi connectivity index (χ2v) is 8.36. The summed E-state index contributed by atoms with van der Waals surface area (Å²) >= 11 is 0. The number of alkyl halides is 3. The minimum atomic E-state index is -4.44. The number of carbonyl (C=O) groups is 2. The summed E-state index contributed by atoms with van der Waals surface area (Å²) in [6, 6.07) is 3.94. The first-order valence-electron chi connectivity index (χ1n) is 10.5. The van der Waals surface area contributed by atoms with Gasteiger partial charge in [0.2, 0.25) is 5.95 Å². The van der Waals surface area contributed by atoms with Crippen LogP contribution < -0.4 is 10.2 Å².